The van der Waals surface area contributed by atoms with Crippen molar-refractivity contribution in [2.45, 2.75) is 18.9 Å². The van der Waals surface area contributed by atoms with Crippen molar-refractivity contribution < 1.29 is 23.3 Å². The second kappa shape index (κ2) is 7.55. The fourth-order valence-corrected chi connectivity index (χ4v) is 2.79. The molecule has 0 aliphatic carbocycles. The number of ether oxygens (including phenoxy) is 2. The van der Waals surface area contributed by atoms with Crippen LogP contribution in [0.25, 0.3) is 11.0 Å². The molecule has 0 unspecified atom stereocenters. The summed E-state index contributed by atoms with van der Waals surface area (Å²) >= 11 is 0. The Kier molecular flexibility index (Phi) is 5.23. The second-order valence-corrected chi connectivity index (χ2v) is 5.74. The smallest absolute Gasteiger partial charge is 1.00 e. The van der Waals surface area contributed by atoms with Gasteiger partial charge in [-0.3, -0.25) is 0 Å². The maximum atomic E-state index is 5.80. The quantitative estimate of drug-likeness (QED) is 0.711. The van der Waals surface area contributed by atoms with Crippen LogP contribution < -0.4 is 27.2 Å². The number of fused-ring (bicyclic) bond motifs is 1. The summed E-state index contributed by atoms with van der Waals surface area (Å²) in [4.78, 5) is 7.55. The van der Waals surface area contributed by atoms with E-state index in [1.807, 2.05) is 48.5 Å². The third-order valence-electron chi connectivity index (χ3n) is 4.02. The minimum absolute atomic E-state index is 0. The van der Waals surface area contributed by atoms with Crippen molar-refractivity contribution in [3.05, 3.63) is 48.5 Å². The summed E-state index contributed by atoms with van der Waals surface area (Å²) in [5, 5.41) is 3.42. The van der Waals surface area contributed by atoms with Gasteiger partial charge in [-0.2, -0.15) is 4.98 Å². The molecule has 0 bridgehead atoms. The first-order valence-electron chi connectivity index (χ1n) is 7.96. The van der Waals surface area contributed by atoms with Gasteiger partial charge < -0.3 is 32.2 Å². The summed E-state index contributed by atoms with van der Waals surface area (Å²) in [5.41, 5.74) is 1.86. The third kappa shape index (κ3) is 3.80. The van der Waals surface area contributed by atoms with Crippen LogP contribution in [-0.2, 0) is 0 Å². The van der Waals surface area contributed by atoms with Gasteiger partial charge in [0.05, 0.1) is 11.0 Å². The third-order valence-corrected chi connectivity index (χ3v) is 4.02. The standard InChI is InChI=1S/C18H19N3O2.ClH/c1-2-6-17-16(5-1)20-18(21-17)23-15-9-7-14(8-10-15)22-12-13-4-3-11-19-13;/h1-2,5-10,13,19H,3-4,11-12H2,(H,20,21);1H/t13-;/m1./s1. The van der Waals surface area contributed by atoms with Gasteiger partial charge in [0.15, 0.2) is 0 Å². The van der Waals surface area contributed by atoms with E-state index < -0.39 is 0 Å². The number of rotatable bonds is 5. The summed E-state index contributed by atoms with van der Waals surface area (Å²) in [6.07, 6.45) is 2.42. The van der Waals surface area contributed by atoms with E-state index >= 15 is 0 Å². The largest absolute Gasteiger partial charge is 1.00 e. The number of nitrogens with zero attached hydrogens (tertiary/aromatic N) is 1. The van der Waals surface area contributed by atoms with Gasteiger partial charge >= 0.3 is 1.43 Å². The Morgan fingerprint density at radius 3 is 2.62 bits per heavy atom. The lowest BCUT2D eigenvalue weighted by atomic mass is 10.2. The van der Waals surface area contributed by atoms with Crippen molar-refractivity contribution in [1.29, 1.82) is 0 Å². The van der Waals surface area contributed by atoms with Gasteiger partial charge in [0.1, 0.15) is 18.1 Å². The Bertz CT molecular complexity index is 755. The topological polar surface area (TPSA) is 59.2 Å². The molecule has 6 heteroatoms. The molecular weight excluding hydrogens is 326 g/mol. The fraction of sp³-hybridized carbons (Fsp3) is 0.278. The van der Waals surface area contributed by atoms with Gasteiger partial charge in [-0.25, -0.2) is 0 Å². The Balaban J connectivity index is 0.00000113. The summed E-state index contributed by atoms with van der Waals surface area (Å²) in [7, 11) is 0. The monoisotopic (exact) mass is 345 g/mol. The zero-order chi connectivity index (χ0) is 15.5. The van der Waals surface area contributed by atoms with Crippen molar-refractivity contribution >= 4 is 11.0 Å². The van der Waals surface area contributed by atoms with Crippen LogP contribution in [0.4, 0.5) is 0 Å². The lowest BCUT2D eigenvalue weighted by Gasteiger charge is -2.12. The van der Waals surface area contributed by atoms with Crippen molar-refractivity contribution in [2.75, 3.05) is 13.2 Å². The zero-order valence-corrected chi connectivity index (χ0v) is 13.9. The number of benzene rings is 2. The molecule has 3 aromatic rings. The number of halogens is 1. The molecule has 1 fully saturated rings. The molecule has 0 spiro atoms. The first kappa shape index (κ1) is 16.6. The van der Waals surface area contributed by atoms with E-state index in [1.54, 1.807) is 0 Å². The highest BCUT2D eigenvalue weighted by molar-refractivity contribution is 5.75. The number of aromatic amines is 1. The van der Waals surface area contributed by atoms with Crippen LogP contribution in [0.1, 0.15) is 14.3 Å². The van der Waals surface area contributed by atoms with E-state index in [-0.39, 0.29) is 13.8 Å². The van der Waals surface area contributed by atoms with E-state index in [1.165, 1.54) is 12.8 Å². The van der Waals surface area contributed by atoms with Crippen LogP contribution >= 0.6 is 0 Å². The number of hydrogen-bond acceptors (Lipinski definition) is 4. The van der Waals surface area contributed by atoms with Crippen molar-refractivity contribution in [1.82, 2.24) is 15.3 Å². The van der Waals surface area contributed by atoms with Gasteiger partial charge in [-0.15, -0.1) is 0 Å². The molecule has 1 aromatic heterocycles. The average Bonchev–Trinajstić information content (AvgIpc) is 3.23. The normalized spacial score (nSPS) is 16.8. The lowest BCUT2D eigenvalue weighted by molar-refractivity contribution is -0.00000583. The first-order chi connectivity index (χ1) is 11.4. The molecule has 1 atom stereocenters. The number of aromatic nitrogens is 2. The molecule has 5 nitrogen and oxygen atoms in total. The Hall–Kier alpha value is -2.24. The van der Waals surface area contributed by atoms with Crippen LogP contribution in [0.15, 0.2) is 48.5 Å². The minimum atomic E-state index is 0. The molecule has 1 saturated heterocycles. The zero-order valence-electron chi connectivity index (χ0n) is 14.2. The van der Waals surface area contributed by atoms with Crippen LogP contribution in [0.3, 0.4) is 0 Å². The summed E-state index contributed by atoms with van der Waals surface area (Å²) in [5.74, 6) is 1.59. The van der Waals surface area contributed by atoms with Crippen LogP contribution in [0.5, 0.6) is 17.5 Å². The molecule has 4 rings (SSSR count). The molecule has 2 N–H and O–H groups in total. The molecule has 24 heavy (non-hydrogen) atoms. The molecule has 0 saturated carbocycles. The fourth-order valence-electron chi connectivity index (χ4n) is 2.79. The highest BCUT2D eigenvalue weighted by atomic mass is 35.5. The summed E-state index contributed by atoms with van der Waals surface area (Å²) in [6.45, 7) is 1.81. The molecule has 2 aromatic carbocycles. The molecule has 0 amide bonds. The van der Waals surface area contributed by atoms with Crippen LogP contribution in [0, 0.1) is 0 Å². The predicted molar refractivity (Wildman–Crippen MR) is 90.2 cm³/mol. The SMILES string of the molecule is [Cl-].[H+].c1ccc2[nH]c(Oc3ccc(OC[C@H]4CCCN4)cc3)nc2c1. The minimum Gasteiger partial charge on any atom is -1.00 e. The van der Waals surface area contributed by atoms with Crippen molar-refractivity contribution in [3.63, 3.8) is 0 Å². The van der Waals surface area contributed by atoms with Crippen LogP contribution in [-0.4, -0.2) is 29.2 Å². The number of hydrogen-bond donors (Lipinski definition) is 2. The average molecular weight is 346 g/mol. The highest BCUT2D eigenvalue weighted by Gasteiger charge is 2.14. The predicted octanol–water partition coefficient (Wildman–Crippen LogP) is 0.603. The number of imidazole rings is 1. The maximum absolute atomic E-state index is 5.80. The van der Waals surface area contributed by atoms with Crippen molar-refractivity contribution in [3.8, 4) is 17.5 Å². The van der Waals surface area contributed by atoms with E-state index in [9.17, 15) is 0 Å². The Morgan fingerprint density at radius 2 is 1.88 bits per heavy atom. The van der Waals surface area contributed by atoms with Gasteiger partial charge in [0.25, 0.3) is 6.01 Å². The van der Waals surface area contributed by atoms with Gasteiger partial charge in [0.2, 0.25) is 0 Å². The van der Waals surface area contributed by atoms with Crippen molar-refractivity contribution in [2.24, 2.45) is 0 Å². The van der Waals surface area contributed by atoms with E-state index in [0.717, 1.165) is 29.1 Å². The summed E-state index contributed by atoms with van der Waals surface area (Å²) < 4.78 is 11.6. The number of nitrogens with one attached hydrogen (secondary N) is 2. The van der Waals surface area contributed by atoms with Gasteiger partial charge in [0, 0.05) is 6.04 Å². The molecule has 126 valence electrons. The maximum Gasteiger partial charge on any atom is 1.00 e. The molecule has 1 aliphatic rings. The Labute approximate surface area is 148 Å². The van der Waals surface area contributed by atoms with Crippen LogP contribution in [0.2, 0.25) is 0 Å². The number of H-pyrrole nitrogens is 1. The Morgan fingerprint density at radius 1 is 1.08 bits per heavy atom. The molecule has 0 radical (unpaired) electrons. The number of para-hydroxylation sites is 2. The highest BCUT2D eigenvalue weighted by Crippen LogP contribution is 2.24. The first-order valence-corrected chi connectivity index (χ1v) is 7.96. The second-order valence-electron chi connectivity index (χ2n) is 5.74. The van der Waals surface area contributed by atoms with E-state index in [4.69, 9.17) is 9.47 Å². The van der Waals surface area contributed by atoms with E-state index in [0.29, 0.717) is 18.7 Å². The van der Waals surface area contributed by atoms with Gasteiger partial charge in [-0.05, 0) is 55.8 Å². The van der Waals surface area contributed by atoms with Gasteiger partial charge in [-0.1, -0.05) is 12.1 Å². The molecule has 2 heterocycles. The lowest BCUT2D eigenvalue weighted by Crippen LogP contribution is -3.00. The van der Waals surface area contributed by atoms with E-state index in [2.05, 4.69) is 15.3 Å². The summed E-state index contributed by atoms with van der Waals surface area (Å²) in [6, 6.07) is 16.5. The molecule has 1 aliphatic heterocycles. The molecular formula is C18H20ClN3O2.